The Balaban J connectivity index is 0.947. The van der Waals surface area contributed by atoms with Crippen molar-refractivity contribution in [3.8, 4) is 72.8 Å². The number of fused-ring (bicyclic) bond motifs is 11. The van der Waals surface area contributed by atoms with Crippen molar-refractivity contribution in [2.24, 2.45) is 0 Å². The van der Waals surface area contributed by atoms with Crippen LogP contribution in [0.15, 0.2) is 218 Å². The van der Waals surface area contributed by atoms with Gasteiger partial charge in [0.25, 0.3) is 0 Å². The van der Waals surface area contributed by atoms with E-state index < -0.39 is 0 Å². The van der Waals surface area contributed by atoms with Crippen molar-refractivity contribution in [1.29, 1.82) is 5.26 Å². The SMILES string of the molecule is CC1(C)c2ccccc2-c2ccc(-c3c4ccccc4c(-c4ccc5c(c4)C(C)(C)c4ccccc4-5)c4cc(-c5ccc(N(c6ccc(C#N)cc6)c6ccc7c(c6)C(C)(C)c6ccccc6-7)cc5)ccc34)cc21. The smallest absolute Gasteiger partial charge is 0.0991 e. The maximum absolute atomic E-state index is 9.77. The molecule has 0 bridgehead atoms. The highest BCUT2D eigenvalue weighted by molar-refractivity contribution is 6.22. The molecule has 0 aromatic heterocycles. The average Bonchev–Trinajstić information content (AvgIpc) is 3.94. The van der Waals surface area contributed by atoms with Crippen LogP contribution in [0.4, 0.5) is 17.1 Å². The monoisotopic (exact) mass is 946 g/mol. The third-order valence-electron chi connectivity index (χ3n) is 17.3. The molecule has 0 radical (unpaired) electrons. The highest BCUT2D eigenvalue weighted by atomic mass is 15.1. The van der Waals surface area contributed by atoms with E-state index in [-0.39, 0.29) is 16.2 Å². The molecule has 0 saturated carbocycles. The fourth-order valence-corrected chi connectivity index (χ4v) is 13.5. The van der Waals surface area contributed by atoms with Crippen LogP contribution in [0.3, 0.4) is 0 Å². The third kappa shape index (κ3) is 6.29. The van der Waals surface area contributed by atoms with Crippen molar-refractivity contribution in [3.63, 3.8) is 0 Å². The van der Waals surface area contributed by atoms with E-state index in [0.717, 1.165) is 28.2 Å². The first-order valence-electron chi connectivity index (χ1n) is 26.0. The van der Waals surface area contributed by atoms with Crippen molar-refractivity contribution in [2.45, 2.75) is 57.8 Å². The molecule has 74 heavy (non-hydrogen) atoms. The lowest BCUT2D eigenvalue weighted by Gasteiger charge is -2.28. The van der Waals surface area contributed by atoms with Crippen LogP contribution < -0.4 is 4.90 Å². The highest BCUT2D eigenvalue weighted by Crippen LogP contribution is 2.55. The summed E-state index contributed by atoms with van der Waals surface area (Å²) >= 11 is 0. The van der Waals surface area contributed by atoms with E-state index in [1.807, 2.05) is 12.1 Å². The molecule has 0 saturated heterocycles. The van der Waals surface area contributed by atoms with E-state index in [1.54, 1.807) is 0 Å². The minimum atomic E-state index is -0.147. The van der Waals surface area contributed by atoms with Gasteiger partial charge < -0.3 is 4.90 Å². The summed E-state index contributed by atoms with van der Waals surface area (Å²) < 4.78 is 0. The Morgan fingerprint density at radius 2 is 0.662 bits per heavy atom. The van der Waals surface area contributed by atoms with Gasteiger partial charge in [-0.3, -0.25) is 0 Å². The molecule has 0 aliphatic heterocycles. The van der Waals surface area contributed by atoms with E-state index in [1.165, 1.54) is 111 Å². The normalized spacial score (nSPS) is 14.7. The molecule has 2 heteroatoms. The minimum absolute atomic E-state index is 0.125. The number of rotatable bonds is 6. The number of benzene rings is 11. The number of hydrogen-bond donors (Lipinski definition) is 0. The molecule has 0 amide bonds. The minimum Gasteiger partial charge on any atom is -0.310 e. The zero-order chi connectivity index (χ0) is 50.3. The molecule has 352 valence electrons. The summed E-state index contributed by atoms with van der Waals surface area (Å²) in [5.41, 5.74) is 26.8. The Kier molecular flexibility index (Phi) is 9.43. The summed E-state index contributed by atoms with van der Waals surface area (Å²) in [6, 6.07) is 83.6. The number of nitriles is 1. The Morgan fingerprint density at radius 1 is 0.297 bits per heavy atom. The second-order valence-corrected chi connectivity index (χ2v) is 22.4. The molecule has 0 unspecified atom stereocenters. The van der Waals surface area contributed by atoms with Gasteiger partial charge in [0.15, 0.2) is 0 Å². The predicted octanol–water partition coefficient (Wildman–Crippen LogP) is 19.3. The van der Waals surface area contributed by atoms with E-state index in [4.69, 9.17) is 0 Å². The Morgan fingerprint density at radius 3 is 1.16 bits per heavy atom. The average molecular weight is 947 g/mol. The van der Waals surface area contributed by atoms with Crippen LogP contribution in [0.1, 0.15) is 80.5 Å². The first kappa shape index (κ1) is 44.0. The highest BCUT2D eigenvalue weighted by Gasteiger charge is 2.38. The van der Waals surface area contributed by atoms with Gasteiger partial charge in [0.05, 0.1) is 11.6 Å². The first-order chi connectivity index (χ1) is 35.9. The van der Waals surface area contributed by atoms with Crippen LogP contribution in [0, 0.1) is 11.3 Å². The fourth-order valence-electron chi connectivity index (χ4n) is 13.5. The van der Waals surface area contributed by atoms with Crippen LogP contribution in [0.2, 0.25) is 0 Å². The van der Waals surface area contributed by atoms with Crippen LogP contribution >= 0.6 is 0 Å². The molecule has 2 nitrogen and oxygen atoms in total. The molecule has 0 heterocycles. The molecule has 0 spiro atoms. The predicted molar refractivity (Wildman–Crippen MR) is 310 cm³/mol. The zero-order valence-corrected chi connectivity index (χ0v) is 42.7. The third-order valence-corrected chi connectivity index (χ3v) is 17.3. The molecule has 11 aromatic rings. The molecular formula is C72H54N2. The summed E-state index contributed by atoms with van der Waals surface area (Å²) in [6.07, 6.45) is 0. The van der Waals surface area contributed by atoms with Crippen molar-refractivity contribution < 1.29 is 0 Å². The molecule has 3 aliphatic carbocycles. The maximum Gasteiger partial charge on any atom is 0.0991 e. The molecule has 0 N–H and O–H groups in total. The van der Waals surface area contributed by atoms with E-state index in [9.17, 15) is 5.26 Å². The van der Waals surface area contributed by atoms with E-state index in [0.29, 0.717) is 5.56 Å². The molecule has 0 atom stereocenters. The quantitative estimate of drug-likeness (QED) is 0.155. The molecule has 14 rings (SSSR count). The number of nitrogens with zero attached hydrogens (tertiary/aromatic N) is 2. The van der Waals surface area contributed by atoms with Gasteiger partial charge in [-0.15, -0.1) is 0 Å². The van der Waals surface area contributed by atoms with Gasteiger partial charge in [0.1, 0.15) is 0 Å². The van der Waals surface area contributed by atoms with E-state index >= 15 is 0 Å². The first-order valence-corrected chi connectivity index (χ1v) is 26.0. The van der Waals surface area contributed by atoms with Crippen molar-refractivity contribution in [1.82, 2.24) is 0 Å². The standard InChI is InChI=1S/C72H54N2/c1-70(2)62-20-12-9-15-52(62)55-35-28-47(40-65(55)70)68-58-18-7-8-19-59(58)69(48-29-36-56-53-16-10-13-21-63(53)71(3,4)66(56)41-48)61-39-46(27-37-60(61)68)45-25-32-50(33-26-45)74(49-30-23-44(43-73)24-31-49)51-34-38-57-54-17-11-14-22-64(54)72(5,6)67(57)42-51/h7-42H,1-6H3. The zero-order valence-electron chi connectivity index (χ0n) is 42.7. The topological polar surface area (TPSA) is 27.0 Å². The number of anilines is 3. The van der Waals surface area contributed by atoms with Gasteiger partial charge in [-0.1, -0.05) is 193 Å². The van der Waals surface area contributed by atoms with Crippen molar-refractivity contribution in [2.75, 3.05) is 4.90 Å². The Labute approximate surface area is 434 Å². The molecule has 3 aliphatic rings. The summed E-state index contributed by atoms with van der Waals surface area (Å²) in [6.45, 7) is 14.2. The lowest BCUT2D eigenvalue weighted by molar-refractivity contribution is 0.660. The molecule has 0 fully saturated rings. The summed E-state index contributed by atoms with van der Waals surface area (Å²) in [5, 5.41) is 14.7. The van der Waals surface area contributed by atoms with Gasteiger partial charge in [0.2, 0.25) is 0 Å². The van der Waals surface area contributed by atoms with E-state index in [2.05, 4.69) is 259 Å². The van der Waals surface area contributed by atoms with Crippen LogP contribution in [0.5, 0.6) is 0 Å². The molecule has 11 aromatic carbocycles. The summed E-state index contributed by atoms with van der Waals surface area (Å²) in [4.78, 5) is 2.32. The van der Waals surface area contributed by atoms with Gasteiger partial charge in [-0.05, 0) is 188 Å². The van der Waals surface area contributed by atoms with Crippen LogP contribution in [0.25, 0.3) is 88.3 Å². The lowest BCUT2D eigenvalue weighted by atomic mass is 9.79. The van der Waals surface area contributed by atoms with Crippen molar-refractivity contribution in [3.05, 3.63) is 257 Å². The van der Waals surface area contributed by atoms with Crippen LogP contribution in [-0.2, 0) is 16.2 Å². The fraction of sp³-hybridized carbons (Fsp3) is 0.125. The second-order valence-electron chi connectivity index (χ2n) is 22.4. The Bertz CT molecular complexity index is 4220. The summed E-state index contributed by atoms with van der Waals surface area (Å²) in [7, 11) is 0. The van der Waals surface area contributed by atoms with Gasteiger partial charge in [0, 0.05) is 33.3 Å². The second kappa shape index (κ2) is 15.9. The van der Waals surface area contributed by atoms with Crippen LogP contribution in [-0.4, -0.2) is 0 Å². The maximum atomic E-state index is 9.77. The summed E-state index contributed by atoms with van der Waals surface area (Å²) in [5.74, 6) is 0. The lowest BCUT2D eigenvalue weighted by Crippen LogP contribution is -2.16. The van der Waals surface area contributed by atoms with Crippen molar-refractivity contribution >= 4 is 38.6 Å². The Hall–Kier alpha value is -8.77. The van der Waals surface area contributed by atoms with Gasteiger partial charge >= 0.3 is 0 Å². The largest absolute Gasteiger partial charge is 0.310 e. The van der Waals surface area contributed by atoms with Gasteiger partial charge in [-0.2, -0.15) is 5.26 Å². The number of hydrogen-bond acceptors (Lipinski definition) is 2. The van der Waals surface area contributed by atoms with Gasteiger partial charge in [-0.25, -0.2) is 0 Å². The molecular weight excluding hydrogens is 893 g/mol.